The minimum Gasteiger partial charge on any atom is -0.398 e. The van der Waals surface area contributed by atoms with Gasteiger partial charge in [-0.05, 0) is 24.6 Å². The fourth-order valence-corrected chi connectivity index (χ4v) is 1.09. The van der Waals surface area contributed by atoms with Gasteiger partial charge < -0.3 is 10.5 Å². The molecule has 2 N–H and O–H groups in total. The van der Waals surface area contributed by atoms with Crippen molar-refractivity contribution >= 4 is 18.0 Å². The van der Waals surface area contributed by atoms with Crippen molar-refractivity contribution in [2.45, 2.75) is 13.3 Å². The third-order valence-electron chi connectivity index (χ3n) is 1.92. The Morgan fingerprint density at radius 2 is 2.21 bits per heavy atom. The number of carbonyl (C=O) groups is 1. The number of halogens is 1. The summed E-state index contributed by atoms with van der Waals surface area (Å²) >= 11 is 0. The van der Waals surface area contributed by atoms with Crippen LogP contribution in [0.2, 0.25) is 0 Å². The molecule has 0 amide bonds. The summed E-state index contributed by atoms with van der Waals surface area (Å²) in [6.07, 6.45) is 4.19. The molecule has 0 unspecified atom stereocenters. The zero-order chi connectivity index (χ0) is 10.6. The van der Waals surface area contributed by atoms with Crippen LogP contribution in [0.15, 0.2) is 18.2 Å². The Hall–Kier alpha value is -1.64. The molecule has 1 rings (SSSR count). The molecule has 0 saturated heterocycles. The van der Waals surface area contributed by atoms with Gasteiger partial charge in [0, 0.05) is 17.7 Å². The van der Waals surface area contributed by atoms with Crippen LogP contribution in [0.1, 0.15) is 17.5 Å². The molecule has 2 nitrogen and oxygen atoms in total. The highest BCUT2D eigenvalue weighted by Crippen LogP contribution is 2.18. The van der Waals surface area contributed by atoms with E-state index in [-0.39, 0.29) is 12.2 Å². The first-order chi connectivity index (χ1) is 6.65. The van der Waals surface area contributed by atoms with Gasteiger partial charge in [-0.15, -0.1) is 0 Å². The summed E-state index contributed by atoms with van der Waals surface area (Å²) in [5.74, 6) is -0.321. The van der Waals surface area contributed by atoms with Gasteiger partial charge in [-0.2, -0.15) is 0 Å². The van der Waals surface area contributed by atoms with E-state index < -0.39 is 0 Å². The maximum absolute atomic E-state index is 13.3. The van der Waals surface area contributed by atoms with Crippen molar-refractivity contribution in [1.29, 1.82) is 0 Å². The van der Waals surface area contributed by atoms with E-state index in [0.29, 0.717) is 11.3 Å². The molecule has 0 radical (unpaired) electrons. The molecular weight excluding hydrogens is 181 g/mol. The monoisotopic (exact) mass is 193 g/mol. The molecular formula is C11H12FNO. The van der Waals surface area contributed by atoms with Gasteiger partial charge in [-0.1, -0.05) is 12.2 Å². The number of allylic oxidation sites excluding steroid dienone is 1. The lowest BCUT2D eigenvalue weighted by Gasteiger charge is -2.02. The molecule has 0 saturated carbocycles. The summed E-state index contributed by atoms with van der Waals surface area (Å²) < 4.78 is 13.3. The van der Waals surface area contributed by atoms with Crippen molar-refractivity contribution in [3.63, 3.8) is 0 Å². The smallest absolute Gasteiger partial charge is 0.130 e. The lowest BCUT2D eigenvalue weighted by atomic mass is 10.1. The summed E-state index contributed by atoms with van der Waals surface area (Å²) in [6, 6.07) is 2.95. The fraction of sp³-hybridized carbons (Fsp3) is 0.182. The van der Waals surface area contributed by atoms with Crippen molar-refractivity contribution in [2.24, 2.45) is 0 Å². The molecule has 3 heteroatoms. The number of nitrogens with two attached hydrogens (primary N) is 1. The molecule has 74 valence electrons. The van der Waals surface area contributed by atoms with Crippen LogP contribution in [-0.2, 0) is 4.79 Å². The Morgan fingerprint density at radius 3 is 2.86 bits per heavy atom. The predicted octanol–water partition coefficient (Wildman–Crippen LogP) is 2.32. The summed E-state index contributed by atoms with van der Waals surface area (Å²) in [4.78, 5) is 10.0. The van der Waals surface area contributed by atoms with Gasteiger partial charge >= 0.3 is 0 Å². The Kier molecular flexibility index (Phi) is 3.40. The zero-order valence-corrected chi connectivity index (χ0v) is 7.96. The first-order valence-corrected chi connectivity index (χ1v) is 4.31. The van der Waals surface area contributed by atoms with Gasteiger partial charge in [0.2, 0.25) is 0 Å². The van der Waals surface area contributed by atoms with Crippen molar-refractivity contribution in [3.8, 4) is 0 Å². The molecule has 0 heterocycles. The van der Waals surface area contributed by atoms with Crippen molar-refractivity contribution in [2.75, 3.05) is 5.73 Å². The van der Waals surface area contributed by atoms with Crippen LogP contribution in [0.4, 0.5) is 10.1 Å². The molecule has 0 aromatic heterocycles. The number of aryl methyl sites for hydroxylation is 1. The fourth-order valence-electron chi connectivity index (χ4n) is 1.09. The van der Waals surface area contributed by atoms with Gasteiger partial charge in [-0.25, -0.2) is 4.39 Å². The summed E-state index contributed by atoms with van der Waals surface area (Å²) in [6.45, 7) is 1.75. The lowest BCUT2D eigenvalue weighted by molar-refractivity contribution is -0.107. The molecule has 0 aliphatic rings. The van der Waals surface area contributed by atoms with Crippen LogP contribution in [0, 0.1) is 12.7 Å². The molecule has 0 aliphatic carbocycles. The molecule has 14 heavy (non-hydrogen) atoms. The zero-order valence-electron chi connectivity index (χ0n) is 7.96. The third kappa shape index (κ3) is 2.42. The molecule has 0 aliphatic heterocycles. The number of hydrogen-bond acceptors (Lipinski definition) is 2. The van der Waals surface area contributed by atoms with E-state index in [0.717, 1.165) is 11.8 Å². The van der Waals surface area contributed by atoms with E-state index in [9.17, 15) is 9.18 Å². The van der Waals surface area contributed by atoms with E-state index in [1.54, 1.807) is 25.1 Å². The van der Waals surface area contributed by atoms with Gasteiger partial charge in [-0.3, -0.25) is 0 Å². The molecule has 0 spiro atoms. The minimum atomic E-state index is -0.321. The average Bonchev–Trinajstić information content (AvgIpc) is 2.14. The number of aldehydes is 1. The largest absolute Gasteiger partial charge is 0.398 e. The number of hydrogen-bond donors (Lipinski definition) is 1. The maximum atomic E-state index is 13.3. The molecule has 0 fully saturated rings. The quantitative estimate of drug-likeness (QED) is 0.591. The number of benzene rings is 1. The SMILES string of the molecule is Cc1cc(F)c(C=CCC=O)cc1N. The van der Waals surface area contributed by atoms with E-state index in [2.05, 4.69) is 0 Å². The Bertz CT molecular complexity index is 372. The van der Waals surface area contributed by atoms with Crippen LogP contribution < -0.4 is 5.73 Å². The van der Waals surface area contributed by atoms with Crippen LogP contribution in [-0.4, -0.2) is 6.29 Å². The van der Waals surface area contributed by atoms with Crippen molar-refractivity contribution in [1.82, 2.24) is 0 Å². The van der Waals surface area contributed by atoms with Crippen LogP contribution in [0.3, 0.4) is 0 Å². The Morgan fingerprint density at radius 1 is 1.50 bits per heavy atom. The van der Waals surface area contributed by atoms with Crippen molar-refractivity contribution in [3.05, 3.63) is 35.2 Å². The van der Waals surface area contributed by atoms with Crippen LogP contribution >= 0.6 is 0 Å². The van der Waals surface area contributed by atoms with E-state index in [4.69, 9.17) is 5.73 Å². The molecule has 0 atom stereocenters. The number of rotatable bonds is 3. The second kappa shape index (κ2) is 4.56. The predicted molar refractivity (Wildman–Crippen MR) is 55.3 cm³/mol. The normalized spacial score (nSPS) is 10.7. The average molecular weight is 193 g/mol. The number of anilines is 1. The van der Waals surface area contributed by atoms with E-state index >= 15 is 0 Å². The second-order valence-corrected chi connectivity index (χ2v) is 3.04. The molecule has 1 aromatic carbocycles. The van der Waals surface area contributed by atoms with Gasteiger partial charge in [0.25, 0.3) is 0 Å². The second-order valence-electron chi connectivity index (χ2n) is 3.04. The summed E-state index contributed by atoms with van der Waals surface area (Å²) in [5, 5.41) is 0. The van der Waals surface area contributed by atoms with E-state index in [1.807, 2.05) is 0 Å². The van der Waals surface area contributed by atoms with Gasteiger partial charge in [0.1, 0.15) is 12.1 Å². The molecule has 1 aromatic rings. The lowest BCUT2D eigenvalue weighted by Crippen LogP contribution is -1.93. The Labute approximate surface area is 82.2 Å². The highest BCUT2D eigenvalue weighted by Gasteiger charge is 2.01. The maximum Gasteiger partial charge on any atom is 0.130 e. The van der Waals surface area contributed by atoms with Crippen molar-refractivity contribution < 1.29 is 9.18 Å². The highest BCUT2D eigenvalue weighted by molar-refractivity contribution is 5.62. The van der Waals surface area contributed by atoms with Crippen LogP contribution in [0.5, 0.6) is 0 Å². The third-order valence-corrected chi connectivity index (χ3v) is 1.92. The summed E-state index contributed by atoms with van der Waals surface area (Å²) in [5.41, 5.74) is 7.31. The first kappa shape index (κ1) is 10.4. The first-order valence-electron chi connectivity index (χ1n) is 4.31. The number of nitrogen functional groups attached to an aromatic ring is 1. The standard InChI is InChI=1S/C11H12FNO/c1-8-6-10(12)9(7-11(8)13)4-2-3-5-14/h2,4-7H,3,13H2,1H3. The van der Waals surface area contributed by atoms with Crippen LogP contribution in [0.25, 0.3) is 6.08 Å². The molecule has 0 bridgehead atoms. The van der Waals surface area contributed by atoms with E-state index in [1.165, 1.54) is 6.07 Å². The number of carbonyl (C=O) groups excluding carboxylic acids is 1. The summed E-state index contributed by atoms with van der Waals surface area (Å²) in [7, 11) is 0. The highest BCUT2D eigenvalue weighted by atomic mass is 19.1. The van der Waals surface area contributed by atoms with Gasteiger partial charge in [0.15, 0.2) is 0 Å². The topological polar surface area (TPSA) is 43.1 Å². The van der Waals surface area contributed by atoms with Gasteiger partial charge in [0.05, 0.1) is 0 Å². The Balaban J connectivity index is 2.97. The minimum absolute atomic E-state index is 0.285.